The van der Waals surface area contributed by atoms with E-state index in [9.17, 15) is 0 Å². The van der Waals surface area contributed by atoms with Gasteiger partial charge in [-0.25, -0.2) is 0 Å². The molecule has 0 radical (unpaired) electrons. The first-order valence-corrected chi connectivity index (χ1v) is 4.54. The van der Waals surface area contributed by atoms with Crippen molar-refractivity contribution in [3.05, 3.63) is 35.4 Å². The lowest BCUT2D eigenvalue weighted by Crippen LogP contribution is -2.25. The molecule has 0 saturated carbocycles. The molecule has 2 N–H and O–H groups in total. The fraction of sp³-hybridized carbons (Fsp3) is 0.400. The van der Waals surface area contributed by atoms with Crippen molar-refractivity contribution in [1.82, 2.24) is 5.23 Å². The number of benzene rings is 1. The van der Waals surface area contributed by atoms with Crippen LogP contribution in [0, 0.1) is 0 Å². The second-order valence-electron chi connectivity index (χ2n) is 3.43. The first kappa shape index (κ1) is 8.69. The summed E-state index contributed by atoms with van der Waals surface area (Å²) < 4.78 is 0. The second-order valence-corrected chi connectivity index (χ2v) is 3.43. The van der Waals surface area contributed by atoms with Crippen molar-refractivity contribution >= 4 is 0 Å². The van der Waals surface area contributed by atoms with Gasteiger partial charge in [0.2, 0.25) is 0 Å². The number of fused-ring (bicyclic) bond motifs is 1. The maximum atomic E-state index is 9.01. The van der Waals surface area contributed by atoms with Crippen LogP contribution in [0.5, 0.6) is 0 Å². The summed E-state index contributed by atoms with van der Waals surface area (Å²) in [5, 5.41) is 18.4. The molecule has 0 heterocycles. The largest absolute Gasteiger partial charge is 0.289 e. The van der Waals surface area contributed by atoms with Crippen molar-refractivity contribution in [2.24, 2.45) is 0 Å². The van der Waals surface area contributed by atoms with Crippen LogP contribution in [0.15, 0.2) is 24.3 Å². The Kier molecular flexibility index (Phi) is 2.31. The predicted octanol–water partition coefficient (Wildman–Crippen LogP) is 2.14. The molecule has 1 atom stereocenters. The lowest BCUT2D eigenvalue weighted by Gasteiger charge is -2.27. The van der Waals surface area contributed by atoms with Crippen LogP contribution in [-0.2, 0) is 6.42 Å². The van der Waals surface area contributed by atoms with Crippen LogP contribution in [0.2, 0.25) is 0 Å². The van der Waals surface area contributed by atoms with Crippen LogP contribution in [0.25, 0.3) is 0 Å². The van der Waals surface area contributed by atoms with E-state index in [1.807, 2.05) is 24.3 Å². The molecule has 1 aliphatic rings. The summed E-state index contributed by atoms with van der Waals surface area (Å²) in [5.74, 6) is 0. The van der Waals surface area contributed by atoms with Crippen LogP contribution >= 0.6 is 0 Å². The normalized spacial score (nSPS) is 21.6. The molecule has 1 unspecified atom stereocenters. The number of hydrogen-bond acceptors (Lipinski definition) is 3. The highest BCUT2D eigenvalue weighted by atomic mass is 16.8. The van der Waals surface area contributed by atoms with E-state index in [0.717, 1.165) is 24.8 Å². The van der Waals surface area contributed by atoms with Crippen LogP contribution in [0.3, 0.4) is 0 Å². The molecule has 0 saturated heterocycles. The molecule has 1 aromatic carbocycles. The van der Waals surface area contributed by atoms with Gasteiger partial charge in [0.25, 0.3) is 0 Å². The van der Waals surface area contributed by atoms with Gasteiger partial charge >= 0.3 is 0 Å². The fourth-order valence-electron chi connectivity index (χ4n) is 1.97. The molecule has 0 aromatic heterocycles. The topological polar surface area (TPSA) is 43.7 Å². The van der Waals surface area contributed by atoms with Crippen LogP contribution in [0.1, 0.15) is 30.0 Å². The van der Waals surface area contributed by atoms with Gasteiger partial charge in [-0.3, -0.25) is 10.4 Å². The molecular weight excluding hydrogens is 166 g/mol. The van der Waals surface area contributed by atoms with Crippen molar-refractivity contribution < 1.29 is 10.4 Å². The van der Waals surface area contributed by atoms with Crippen LogP contribution < -0.4 is 0 Å². The molecule has 3 nitrogen and oxygen atoms in total. The zero-order valence-corrected chi connectivity index (χ0v) is 7.35. The minimum atomic E-state index is -0.245. The third kappa shape index (κ3) is 1.58. The summed E-state index contributed by atoms with van der Waals surface area (Å²) in [4.78, 5) is 0. The van der Waals surface area contributed by atoms with E-state index in [1.165, 1.54) is 5.56 Å². The van der Waals surface area contributed by atoms with Crippen molar-refractivity contribution in [1.29, 1.82) is 0 Å². The number of rotatable bonds is 1. The van der Waals surface area contributed by atoms with E-state index in [-0.39, 0.29) is 6.04 Å². The number of aryl methyl sites for hydroxylation is 1. The van der Waals surface area contributed by atoms with E-state index in [4.69, 9.17) is 10.4 Å². The second kappa shape index (κ2) is 3.46. The lowest BCUT2D eigenvalue weighted by molar-refractivity contribution is -0.336. The Bertz CT molecular complexity index is 299. The predicted molar refractivity (Wildman–Crippen MR) is 47.5 cm³/mol. The maximum absolute atomic E-state index is 9.01. The fourth-order valence-corrected chi connectivity index (χ4v) is 1.97. The Morgan fingerprint density at radius 1 is 1.23 bits per heavy atom. The number of hydroxylamine groups is 2. The van der Waals surface area contributed by atoms with Gasteiger partial charge in [0.1, 0.15) is 0 Å². The van der Waals surface area contributed by atoms with E-state index in [0.29, 0.717) is 5.23 Å². The number of hydrogen-bond donors (Lipinski definition) is 2. The van der Waals surface area contributed by atoms with Gasteiger partial charge in [0.15, 0.2) is 0 Å². The number of nitrogens with zero attached hydrogens (tertiary/aromatic N) is 1. The van der Waals surface area contributed by atoms with Crippen molar-refractivity contribution in [2.75, 3.05) is 0 Å². The average Bonchev–Trinajstić information content (AvgIpc) is 2.17. The summed E-state index contributed by atoms with van der Waals surface area (Å²) in [5.41, 5.74) is 2.27. The highest BCUT2D eigenvalue weighted by Crippen LogP contribution is 2.32. The summed E-state index contributed by atoms with van der Waals surface area (Å²) in [6.45, 7) is 0. The zero-order valence-electron chi connectivity index (χ0n) is 7.35. The van der Waals surface area contributed by atoms with Gasteiger partial charge in [-0.15, -0.1) is 0 Å². The maximum Gasteiger partial charge on any atom is 0.0875 e. The molecule has 13 heavy (non-hydrogen) atoms. The molecule has 1 aliphatic carbocycles. The summed E-state index contributed by atoms with van der Waals surface area (Å²) in [6.07, 6.45) is 2.86. The van der Waals surface area contributed by atoms with Crippen molar-refractivity contribution in [3.63, 3.8) is 0 Å². The molecule has 0 amide bonds. The standard InChI is InChI=1S/C10H13NO2/c12-11(13)10-7-3-5-8-4-1-2-6-9(8)10/h1-2,4,6,10,12-13H,3,5,7H2. The van der Waals surface area contributed by atoms with Gasteiger partial charge in [-0.05, 0) is 30.4 Å². The molecule has 0 spiro atoms. The minimum Gasteiger partial charge on any atom is -0.289 e. The van der Waals surface area contributed by atoms with E-state index >= 15 is 0 Å². The summed E-state index contributed by atoms with van der Waals surface area (Å²) in [6, 6.07) is 7.68. The molecule has 0 fully saturated rings. The Morgan fingerprint density at radius 3 is 2.77 bits per heavy atom. The molecular formula is C10H13NO2. The highest BCUT2D eigenvalue weighted by molar-refractivity contribution is 5.31. The van der Waals surface area contributed by atoms with E-state index in [1.54, 1.807) is 0 Å². The Labute approximate surface area is 77.1 Å². The third-order valence-corrected chi connectivity index (χ3v) is 2.62. The van der Waals surface area contributed by atoms with Crippen LogP contribution in [0.4, 0.5) is 0 Å². The quantitative estimate of drug-likeness (QED) is 0.649. The first-order valence-electron chi connectivity index (χ1n) is 4.54. The molecule has 70 valence electrons. The molecule has 0 bridgehead atoms. The Balaban J connectivity index is 2.37. The zero-order chi connectivity index (χ0) is 9.26. The highest BCUT2D eigenvalue weighted by Gasteiger charge is 2.23. The summed E-state index contributed by atoms with van der Waals surface area (Å²) in [7, 11) is 0. The molecule has 0 aliphatic heterocycles. The third-order valence-electron chi connectivity index (χ3n) is 2.62. The van der Waals surface area contributed by atoms with Gasteiger partial charge in [0.05, 0.1) is 6.04 Å². The van der Waals surface area contributed by atoms with Gasteiger partial charge in [0, 0.05) is 0 Å². The van der Waals surface area contributed by atoms with Gasteiger partial charge in [-0.2, -0.15) is 0 Å². The smallest absolute Gasteiger partial charge is 0.0875 e. The molecule has 1 aromatic rings. The van der Waals surface area contributed by atoms with Crippen molar-refractivity contribution in [3.8, 4) is 0 Å². The van der Waals surface area contributed by atoms with Gasteiger partial charge < -0.3 is 0 Å². The Morgan fingerprint density at radius 2 is 2.00 bits per heavy atom. The minimum absolute atomic E-state index is 0.245. The Hall–Kier alpha value is -0.900. The lowest BCUT2D eigenvalue weighted by atomic mass is 9.88. The monoisotopic (exact) mass is 179 g/mol. The summed E-state index contributed by atoms with van der Waals surface area (Å²) >= 11 is 0. The molecule has 3 heteroatoms. The SMILES string of the molecule is ON(O)C1CCCc2ccccc21. The average molecular weight is 179 g/mol. The van der Waals surface area contributed by atoms with Gasteiger partial charge in [-0.1, -0.05) is 29.5 Å². The molecule has 2 rings (SSSR count). The van der Waals surface area contributed by atoms with E-state index in [2.05, 4.69) is 0 Å². The first-order chi connectivity index (χ1) is 6.29. The van der Waals surface area contributed by atoms with Crippen LogP contribution in [-0.4, -0.2) is 15.6 Å². The van der Waals surface area contributed by atoms with E-state index < -0.39 is 0 Å². The van der Waals surface area contributed by atoms with Crippen molar-refractivity contribution in [2.45, 2.75) is 25.3 Å².